The van der Waals surface area contributed by atoms with E-state index in [1.165, 1.54) is 0 Å². The summed E-state index contributed by atoms with van der Waals surface area (Å²) in [5, 5.41) is 0. The molecule has 0 heterocycles. The van der Waals surface area contributed by atoms with Crippen molar-refractivity contribution in [1.29, 1.82) is 0 Å². The Bertz CT molecular complexity index is 256. The first-order chi connectivity index (χ1) is 7.70. The van der Waals surface area contributed by atoms with Gasteiger partial charge in [-0.15, -0.1) is 0 Å². The summed E-state index contributed by atoms with van der Waals surface area (Å²) in [5.41, 5.74) is 0. The zero-order valence-corrected chi connectivity index (χ0v) is 9.76. The van der Waals surface area contributed by atoms with Crippen molar-refractivity contribution < 1.29 is 14.3 Å². The number of benzene rings is 1. The van der Waals surface area contributed by atoms with Gasteiger partial charge in [-0.05, 0) is 13.8 Å². The Morgan fingerprint density at radius 2 is 1.69 bits per heavy atom. The molecule has 16 heavy (non-hydrogen) atoms. The summed E-state index contributed by atoms with van der Waals surface area (Å²) >= 11 is 0. The number of carbonyl (C=O) groups excluding carboxylic acids is 1. The molecular weight excluding hydrogens is 204 g/mol. The first kappa shape index (κ1) is 14.4. The van der Waals surface area contributed by atoms with E-state index in [0.29, 0.717) is 6.61 Å². The maximum absolute atomic E-state index is 10.5. The summed E-state index contributed by atoms with van der Waals surface area (Å²) < 4.78 is 9.58. The summed E-state index contributed by atoms with van der Waals surface area (Å²) in [6.45, 7) is 7.27. The number of hydrogen-bond acceptors (Lipinski definition) is 3. The lowest BCUT2D eigenvalue weighted by Crippen LogP contribution is -2.16. The Kier molecular flexibility index (Phi) is 8.93. The van der Waals surface area contributed by atoms with Crippen LogP contribution in [0.5, 0.6) is 0 Å². The van der Waals surface area contributed by atoms with Gasteiger partial charge in [-0.2, -0.15) is 0 Å². The van der Waals surface area contributed by atoms with E-state index in [0.717, 1.165) is 6.08 Å². The van der Waals surface area contributed by atoms with Crippen LogP contribution in [0.4, 0.5) is 0 Å². The fraction of sp³-hybridized carbons (Fsp3) is 0.308. The summed E-state index contributed by atoms with van der Waals surface area (Å²) in [5.74, 6) is -0.457. The molecule has 1 aromatic carbocycles. The third-order valence-corrected chi connectivity index (χ3v) is 1.52. The third kappa shape index (κ3) is 8.97. The molecule has 1 unspecified atom stereocenters. The summed E-state index contributed by atoms with van der Waals surface area (Å²) in [7, 11) is 0. The topological polar surface area (TPSA) is 35.5 Å². The molecule has 0 spiro atoms. The third-order valence-electron chi connectivity index (χ3n) is 1.52. The minimum Gasteiger partial charge on any atom is -0.433 e. The molecule has 0 radical (unpaired) electrons. The van der Waals surface area contributed by atoms with Gasteiger partial charge in [-0.25, -0.2) is 4.79 Å². The minimum absolute atomic E-state index is 0.457. The van der Waals surface area contributed by atoms with Gasteiger partial charge in [0.1, 0.15) is 0 Å². The second kappa shape index (κ2) is 9.93. The number of esters is 1. The van der Waals surface area contributed by atoms with Gasteiger partial charge < -0.3 is 9.47 Å². The Labute approximate surface area is 96.7 Å². The van der Waals surface area contributed by atoms with E-state index in [1.54, 1.807) is 6.92 Å². The first-order valence-corrected chi connectivity index (χ1v) is 5.15. The molecule has 0 aromatic heterocycles. The molecule has 3 heteroatoms. The predicted octanol–water partition coefficient (Wildman–Crippen LogP) is 2.78. The molecule has 0 bridgehead atoms. The molecule has 0 amide bonds. The molecule has 0 aliphatic heterocycles. The van der Waals surface area contributed by atoms with E-state index < -0.39 is 12.3 Å². The largest absolute Gasteiger partial charge is 0.433 e. The molecule has 3 nitrogen and oxygen atoms in total. The SMILES string of the molecule is C=CC(=O)OC(C)OCC.c1ccccc1. The van der Waals surface area contributed by atoms with Crippen LogP contribution in [-0.2, 0) is 14.3 Å². The fourth-order valence-corrected chi connectivity index (χ4v) is 0.865. The Balaban J connectivity index is 0.000000315. The van der Waals surface area contributed by atoms with Crippen LogP contribution in [0.15, 0.2) is 49.1 Å². The minimum atomic E-state index is -0.476. The van der Waals surface area contributed by atoms with Crippen LogP contribution in [0.2, 0.25) is 0 Å². The van der Waals surface area contributed by atoms with E-state index in [9.17, 15) is 4.79 Å². The van der Waals surface area contributed by atoms with Gasteiger partial charge in [0.05, 0.1) is 0 Å². The summed E-state index contributed by atoms with van der Waals surface area (Å²) in [6, 6.07) is 12.0. The van der Waals surface area contributed by atoms with Crippen molar-refractivity contribution in [3.05, 3.63) is 49.1 Å². The highest BCUT2D eigenvalue weighted by molar-refractivity contribution is 5.81. The molecule has 0 fully saturated rings. The molecule has 1 atom stereocenters. The van der Waals surface area contributed by atoms with Gasteiger partial charge in [-0.3, -0.25) is 0 Å². The van der Waals surface area contributed by atoms with Crippen LogP contribution in [0.25, 0.3) is 0 Å². The second-order valence-electron chi connectivity index (χ2n) is 2.82. The first-order valence-electron chi connectivity index (χ1n) is 5.15. The highest BCUT2D eigenvalue weighted by atomic mass is 16.7. The summed E-state index contributed by atoms with van der Waals surface area (Å²) in [4.78, 5) is 10.5. The normalized spacial score (nSPS) is 10.6. The van der Waals surface area contributed by atoms with Gasteiger partial charge >= 0.3 is 5.97 Å². The average Bonchev–Trinajstić information content (AvgIpc) is 2.32. The van der Waals surface area contributed by atoms with Gasteiger partial charge in [0.15, 0.2) is 6.29 Å². The molecule has 0 saturated heterocycles. The number of ether oxygens (including phenoxy) is 2. The Morgan fingerprint density at radius 1 is 1.25 bits per heavy atom. The molecule has 88 valence electrons. The van der Waals surface area contributed by atoms with Crippen molar-refractivity contribution in [3.63, 3.8) is 0 Å². The Hall–Kier alpha value is -1.61. The van der Waals surface area contributed by atoms with E-state index in [1.807, 2.05) is 43.3 Å². The predicted molar refractivity (Wildman–Crippen MR) is 63.8 cm³/mol. The van der Waals surface area contributed by atoms with Crippen LogP contribution < -0.4 is 0 Å². The molecule has 0 saturated carbocycles. The molecule has 0 N–H and O–H groups in total. The van der Waals surface area contributed by atoms with Crippen molar-refractivity contribution in [2.24, 2.45) is 0 Å². The highest BCUT2D eigenvalue weighted by Gasteiger charge is 2.03. The van der Waals surface area contributed by atoms with E-state index in [-0.39, 0.29) is 0 Å². The number of hydrogen-bond donors (Lipinski definition) is 0. The van der Waals surface area contributed by atoms with Crippen molar-refractivity contribution in [2.45, 2.75) is 20.1 Å². The van der Waals surface area contributed by atoms with Gasteiger partial charge in [0.2, 0.25) is 0 Å². The van der Waals surface area contributed by atoms with Crippen LogP contribution in [0, 0.1) is 0 Å². The van der Waals surface area contributed by atoms with Crippen molar-refractivity contribution in [1.82, 2.24) is 0 Å². The van der Waals surface area contributed by atoms with Crippen molar-refractivity contribution in [3.8, 4) is 0 Å². The molecular formula is C13H18O3. The number of carbonyl (C=O) groups is 1. The van der Waals surface area contributed by atoms with Crippen LogP contribution in [-0.4, -0.2) is 18.9 Å². The Morgan fingerprint density at radius 3 is 2.00 bits per heavy atom. The lowest BCUT2D eigenvalue weighted by Gasteiger charge is -2.10. The van der Waals surface area contributed by atoms with Crippen molar-refractivity contribution in [2.75, 3.05) is 6.61 Å². The fourth-order valence-electron chi connectivity index (χ4n) is 0.865. The molecule has 0 aliphatic carbocycles. The van der Waals surface area contributed by atoms with E-state index in [4.69, 9.17) is 4.74 Å². The monoisotopic (exact) mass is 222 g/mol. The second-order valence-corrected chi connectivity index (χ2v) is 2.82. The standard InChI is InChI=1S/C7H12O3.C6H6/c1-4-7(8)10-6(3)9-5-2;1-2-4-6-5-3-1/h4,6H,1,5H2,2-3H3;1-6H. The maximum atomic E-state index is 10.5. The highest BCUT2D eigenvalue weighted by Crippen LogP contribution is 1.93. The van der Waals surface area contributed by atoms with Crippen molar-refractivity contribution >= 4 is 5.97 Å². The average molecular weight is 222 g/mol. The zero-order chi connectivity index (χ0) is 12.2. The van der Waals surface area contributed by atoms with Gasteiger partial charge in [0, 0.05) is 12.7 Å². The molecule has 1 rings (SSSR count). The van der Waals surface area contributed by atoms with Crippen LogP contribution in [0.3, 0.4) is 0 Å². The smallest absolute Gasteiger partial charge is 0.332 e. The van der Waals surface area contributed by atoms with Gasteiger partial charge in [-0.1, -0.05) is 43.0 Å². The van der Waals surface area contributed by atoms with Crippen LogP contribution >= 0.6 is 0 Å². The number of rotatable bonds is 4. The lowest BCUT2D eigenvalue weighted by molar-refractivity contribution is -0.167. The summed E-state index contributed by atoms with van der Waals surface area (Å²) in [6.07, 6.45) is 0.630. The zero-order valence-electron chi connectivity index (χ0n) is 9.76. The molecule has 1 aromatic rings. The quantitative estimate of drug-likeness (QED) is 0.446. The molecule has 0 aliphatic rings. The lowest BCUT2D eigenvalue weighted by atomic mass is 10.4. The van der Waals surface area contributed by atoms with E-state index in [2.05, 4.69) is 11.3 Å². The van der Waals surface area contributed by atoms with Crippen LogP contribution in [0.1, 0.15) is 13.8 Å². The van der Waals surface area contributed by atoms with E-state index >= 15 is 0 Å². The van der Waals surface area contributed by atoms with Gasteiger partial charge in [0.25, 0.3) is 0 Å². The maximum Gasteiger partial charge on any atom is 0.332 e.